The number of hydrogen-bond acceptors (Lipinski definition) is 2. The molecule has 16 heavy (non-hydrogen) atoms. The summed E-state index contributed by atoms with van der Waals surface area (Å²) in [4.78, 5) is 11.0. The highest BCUT2D eigenvalue weighted by atomic mass is 19.4. The van der Waals surface area contributed by atoms with E-state index in [0.717, 1.165) is 38.5 Å². The van der Waals surface area contributed by atoms with E-state index in [0.29, 0.717) is 0 Å². The minimum absolute atomic E-state index is 0.0387. The molecule has 94 valence electrons. The molecule has 0 aromatic heterocycles. The van der Waals surface area contributed by atoms with Gasteiger partial charge in [-0.25, -0.2) is 4.79 Å². The highest BCUT2D eigenvalue weighted by Crippen LogP contribution is 2.18. The molecule has 1 rings (SSSR count). The first-order chi connectivity index (χ1) is 7.47. The van der Waals surface area contributed by atoms with E-state index in [1.54, 1.807) is 0 Å². The molecule has 1 N–H and O–H groups in total. The fourth-order valence-corrected chi connectivity index (χ4v) is 1.78. The summed E-state index contributed by atoms with van der Waals surface area (Å²) in [5, 5.41) is 2.47. The van der Waals surface area contributed by atoms with Crippen molar-refractivity contribution in [2.45, 2.75) is 50.7 Å². The monoisotopic (exact) mass is 239 g/mol. The van der Waals surface area contributed by atoms with Crippen molar-refractivity contribution in [3.05, 3.63) is 0 Å². The van der Waals surface area contributed by atoms with Crippen molar-refractivity contribution in [2.24, 2.45) is 0 Å². The number of nitrogens with one attached hydrogen (secondary N) is 1. The van der Waals surface area contributed by atoms with Gasteiger partial charge in [-0.05, 0) is 12.8 Å². The second kappa shape index (κ2) is 5.96. The number of amides is 1. The average Bonchev–Trinajstić information content (AvgIpc) is 2.42. The number of ether oxygens (including phenoxy) is 1. The van der Waals surface area contributed by atoms with Crippen LogP contribution in [0.5, 0.6) is 0 Å². The lowest BCUT2D eigenvalue weighted by Crippen LogP contribution is -2.36. The lowest BCUT2D eigenvalue weighted by atomic mass is 10.1. The Hall–Kier alpha value is -0.940. The molecule has 0 radical (unpaired) electrons. The second-order valence-electron chi connectivity index (χ2n) is 4.02. The third kappa shape index (κ3) is 5.82. The SMILES string of the molecule is O=C(NC1CCCCCC1)OCC(F)(F)F. The summed E-state index contributed by atoms with van der Waals surface area (Å²) in [6.07, 6.45) is 0.465. The summed E-state index contributed by atoms with van der Waals surface area (Å²) >= 11 is 0. The number of rotatable bonds is 2. The summed E-state index contributed by atoms with van der Waals surface area (Å²) in [6.45, 7) is -1.52. The van der Waals surface area contributed by atoms with Gasteiger partial charge in [-0.1, -0.05) is 25.7 Å². The van der Waals surface area contributed by atoms with Crippen LogP contribution in [0.2, 0.25) is 0 Å². The van der Waals surface area contributed by atoms with Gasteiger partial charge in [0.25, 0.3) is 0 Å². The third-order valence-electron chi connectivity index (χ3n) is 2.54. The van der Waals surface area contributed by atoms with Crippen molar-refractivity contribution in [2.75, 3.05) is 6.61 Å². The standard InChI is InChI=1S/C10H16F3NO2/c11-10(12,13)7-16-9(15)14-8-5-3-1-2-4-6-8/h8H,1-7H2,(H,14,15). The maximum absolute atomic E-state index is 11.8. The van der Waals surface area contributed by atoms with E-state index < -0.39 is 18.9 Å². The minimum Gasteiger partial charge on any atom is -0.440 e. The molecule has 0 saturated heterocycles. The fourth-order valence-electron chi connectivity index (χ4n) is 1.78. The van der Waals surface area contributed by atoms with Crippen molar-refractivity contribution in [1.82, 2.24) is 5.32 Å². The molecule has 0 spiro atoms. The fraction of sp³-hybridized carbons (Fsp3) is 0.900. The van der Waals surface area contributed by atoms with Crippen LogP contribution in [-0.4, -0.2) is 24.9 Å². The zero-order valence-corrected chi connectivity index (χ0v) is 8.98. The molecular weight excluding hydrogens is 223 g/mol. The maximum atomic E-state index is 11.8. The summed E-state index contributed by atoms with van der Waals surface area (Å²) in [5.74, 6) is 0. The molecule has 1 fully saturated rings. The number of alkyl carbamates (subject to hydrolysis) is 1. The Morgan fingerprint density at radius 1 is 1.19 bits per heavy atom. The third-order valence-corrected chi connectivity index (χ3v) is 2.54. The molecule has 3 nitrogen and oxygen atoms in total. The van der Waals surface area contributed by atoms with Crippen molar-refractivity contribution in [1.29, 1.82) is 0 Å². The summed E-state index contributed by atoms with van der Waals surface area (Å²) in [6, 6.07) is -0.0387. The van der Waals surface area contributed by atoms with Gasteiger partial charge in [-0.15, -0.1) is 0 Å². The minimum atomic E-state index is -4.46. The lowest BCUT2D eigenvalue weighted by Gasteiger charge is -2.16. The van der Waals surface area contributed by atoms with Crippen molar-refractivity contribution in [3.8, 4) is 0 Å². The normalized spacial score (nSPS) is 18.9. The Balaban J connectivity index is 2.22. The van der Waals surface area contributed by atoms with Crippen LogP contribution in [-0.2, 0) is 4.74 Å². The molecule has 0 bridgehead atoms. The van der Waals surface area contributed by atoms with E-state index in [1.807, 2.05) is 0 Å². The van der Waals surface area contributed by atoms with Gasteiger partial charge in [0.2, 0.25) is 0 Å². The first-order valence-corrected chi connectivity index (χ1v) is 5.47. The largest absolute Gasteiger partial charge is 0.440 e. The van der Waals surface area contributed by atoms with Crippen LogP contribution in [0.15, 0.2) is 0 Å². The molecule has 1 amide bonds. The quantitative estimate of drug-likeness (QED) is 0.752. The molecule has 0 heterocycles. The Morgan fingerprint density at radius 3 is 2.25 bits per heavy atom. The highest BCUT2D eigenvalue weighted by molar-refractivity contribution is 5.67. The van der Waals surface area contributed by atoms with Crippen LogP contribution >= 0.6 is 0 Å². The zero-order chi connectivity index (χ0) is 12.0. The predicted octanol–water partition coefficient (Wildman–Crippen LogP) is 3.00. The van der Waals surface area contributed by atoms with Gasteiger partial charge in [-0.3, -0.25) is 0 Å². The van der Waals surface area contributed by atoms with Gasteiger partial charge in [-0.2, -0.15) is 13.2 Å². The highest BCUT2D eigenvalue weighted by Gasteiger charge is 2.30. The molecule has 1 aliphatic carbocycles. The van der Waals surface area contributed by atoms with Crippen LogP contribution in [0, 0.1) is 0 Å². The van der Waals surface area contributed by atoms with Gasteiger partial charge < -0.3 is 10.1 Å². The van der Waals surface area contributed by atoms with Gasteiger partial charge in [0.1, 0.15) is 0 Å². The molecule has 0 aromatic carbocycles. The second-order valence-corrected chi connectivity index (χ2v) is 4.02. The van der Waals surface area contributed by atoms with Crippen LogP contribution in [0.3, 0.4) is 0 Å². The van der Waals surface area contributed by atoms with Crippen LogP contribution in [0.1, 0.15) is 38.5 Å². The maximum Gasteiger partial charge on any atom is 0.422 e. The number of halogens is 3. The average molecular weight is 239 g/mol. The van der Waals surface area contributed by atoms with E-state index in [2.05, 4.69) is 10.1 Å². The Bertz CT molecular complexity index is 223. The van der Waals surface area contributed by atoms with Gasteiger partial charge >= 0.3 is 12.3 Å². The van der Waals surface area contributed by atoms with Crippen molar-refractivity contribution < 1.29 is 22.7 Å². The molecular formula is C10H16F3NO2. The van der Waals surface area contributed by atoms with Crippen LogP contribution in [0.25, 0.3) is 0 Å². The lowest BCUT2D eigenvalue weighted by molar-refractivity contribution is -0.160. The Morgan fingerprint density at radius 2 is 1.75 bits per heavy atom. The topological polar surface area (TPSA) is 38.3 Å². The van der Waals surface area contributed by atoms with Crippen molar-refractivity contribution in [3.63, 3.8) is 0 Å². The number of carbonyl (C=O) groups is 1. The molecule has 1 aliphatic rings. The predicted molar refractivity (Wildman–Crippen MR) is 52.0 cm³/mol. The summed E-state index contributed by atoms with van der Waals surface area (Å²) in [5.41, 5.74) is 0. The summed E-state index contributed by atoms with van der Waals surface area (Å²) in [7, 11) is 0. The first kappa shape index (κ1) is 13.1. The van der Waals surface area contributed by atoms with E-state index in [1.165, 1.54) is 0 Å². The molecule has 6 heteroatoms. The molecule has 0 aromatic rings. The van der Waals surface area contributed by atoms with Gasteiger partial charge in [0.05, 0.1) is 0 Å². The van der Waals surface area contributed by atoms with Crippen LogP contribution in [0.4, 0.5) is 18.0 Å². The molecule has 1 saturated carbocycles. The van der Waals surface area contributed by atoms with E-state index in [4.69, 9.17) is 0 Å². The Labute approximate surface area is 92.3 Å². The van der Waals surface area contributed by atoms with Crippen LogP contribution < -0.4 is 5.32 Å². The smallest absolute Gasteiger partial charge is 0.422 e. The number of alkyl halides is 3. The Kier molecular flexibility index (Phi) is 4.89. The van der Waals surface area contributed by atoms with Crippen molar-refractivity contribution >= 4 is 6.09 Å². The van der Waals surface area contributed by atoms with E-state index in [9.17, 15) is 18.0 Å². The molecule has 0 unspecified atom stereocenters. The molecule has 0 atom stereocenters. The molecule has 0 aliphatic heterocycles. The van der Waals surface area contributed by atoms with Gasteiger partial charge in [0.15, 0.2) is 6.61 Å². The van der Waals surface area contributed by atoms with E-state index >= 15 is 0 Å². The number of hydrogen-bond donors (Lipinski definition) is 1. The summed E-state index contributed by atoms with van der Waals surface area (Å²) < 4.78 is 39.3. The first-order valence-electron chi connectivity index (χ1n) is 5.47. The van der Waals surface area contributed by atoms with Gasteiger partial charge in [0, 0.05) is 6.04 Å². The van der Waals surface area contributed by atoms with E-state index in [-0.39, 0.29) is 6.04 Å². The number of carbonyl (C=O) groups excluding carboxylic acids is 1. The zero-order valence-electron chi connectivity index (χ0n) is 8.98.